The van der Waals surface area contributed by atoms with Crippen molar-refractivity contribution in [2.75, 3.05) is 5.32 Å². The van der Waals surface area contributed by atoms with E-state index in [9.17, 15) is 19.7 Å². The Kier molecular flexibility index (Phi) is 5.49. The fourth-order valence-electron chi connectivity index (χ4n) is 2.39. The van der Waals surface area contributed by atoms with Crippen LogP contribution < -0.4 is 10.6 Å². The van der Waals surface area contributed by atoms with Gasteiger partial charge < -0.3 is 10.6 Å². The number of nitrogens with one attached hydrogen (secondary N) is 2. The van der Waals surface area contributed by atoms with Crippen molar-refractivity contribution >= 4 is 23.2 Å². The second kappa shape index (κ2) is 7.57. The Labute approximate surface area is 145 Å². The van der Waals surface area contributed by atoms with Crippen LogP contribution in [0.4, 0.5) is 11.4 Å². The molecule has 7 heteroatoms. The molecule has 2 N–H and O–H groups in total. The number of rotatable bonds is 5. The monoisotopic (exact) mass is 341 g/mol. The number of amides is 2. The van der Waals surface area contributed by atoms with Crippen molar-refractivity contribution in [2.45, 2.75) is 26.8 Å². The van der Waals surface area contributed by atoms with E-state index in [1.807, 2.05) is 13.8 Å². The fraction of sp³-hybridized carbons (Fsp3) is 0.222. The Morgan fingerprint density at radius 1 is 1.00 bits per heavy atom. The molecule has 2 aromatic rings. The lowest BCUT2D eigenvalue weighted by Gasteiger charge is -2.13. The molecule has 2 aromatic carbocycles. The molecule has 7 nitrogen and oxygen atoms in total. The van der Waals surface area contributed by atoms with Gasteiger partial charge in [-0.1, -0.05) is 18.2 Å². The van der Waals surface area contributed by atoms with Crippen LogP contribution in [0.5, 0.6) is 0 Å². The Morgan fingerprint density at radius 3 is 2.28 bits per heavy atom. The quantitative estimate of drug-likeness (QED) is 0.643. The number of nitrogens with zero attached hydrogens (tertiary/aromatic N) is 1. The van der Waals surface area contributed by atoms with Crippen molar-refractivity contribution in [3.05, 3.63) is 69.3 Å². The lowest BCUT2D eigenvalue weighted by atomic mass is 10.1. The molecule has 0 atom stereocenters. The topological polar surface area (TPSA) is 101 Å². The average molecular weight is 341 g/mol. The second-order valence-corrected chi connectivity index (χ2v) is 5.83. The summed E-state index contributed by atoms with van der Waals surface area (Å²) in [4.78, 5) is 35.3. The molecule has 0 heterocycles. The maximum Gasteiger partial charge on any atom is 0.273 e. The molecule has 2 rings (SSSR count). The summed E-state index contributed by atoms with van der Waals surface area (Å²) in [5.74, 6) is -0.812. The minimum Gasteiger partial charge on any atom is -0.350 e. The summed E-state index contributed by atoms with van der Waals surface area (Å²) in [6.45, 7) is 5.20. The number of anilines is 1. The van der Waals surface area contributed by atoms with Gasteiger partial charge in [0, 0.05) is 23.2 Å². The third kappa shape index (κ3) is 4.20. The van der Waals surface area contributed by atoms with E-state index in [2.05, 4.69) is 10.6 Å². The Bertz CT molecular complexity index is 831. The van der Waals surface area contributed by atoms with Gasteiger partial charge in [0.05, 0.1) is 16.2 Å². The molecule has 2 amide bonds. The van der Waals surface area contributed by atoms with Crippen LogP contribution in [0.1, 0.15) is 40.1 Å². The molecule has 0 aromatic heterocycles. The highest BCUT2D eigenvalue weighted by Gasteiger charge is 2.20. The number of carbonyl (C=O) groups is 2. The lowest BCUT2D eigenvalue weighted by Crippen LogP contribution is -2.31. The SMILES string of the molecule is Cc1c(C(=O)Nc2ccccc2C(=O)NC(C)C)cccc1[N+](=O)[O-]. The molecular weight excluding hydrogens is 322 g/mol. The third-order valence-corrected chi connectivity index (χ3v) is 3.59. The van der Waals surface area contributed by atoms with Crippen molar-refractivity contribution in [3.8, 4) is 0 Å². The molecule has 0 saturated heterocycles. The molecule has 0 aliphatic heterocycles. The number of para-hydroxylation sites is 1. The summed E-state index contributed by atoms with van der Waals surface area (Å²) >= 11 is 0. The molecule has 25 heavy (non-hydrogen) atoms. The molecule has 0 radical (unpaired) electrons. The van der Waals surface area contributed by atoms with Crippen molar-refractivity contribution in [3.63, 3.8) is 0 Å². The fourth-order valence-corrected chi connectivity index (χ4v) is 2.39. The Hall–Kier alpha value is -3.22. The van der Waals surface area contributed by atoms with Crippen LogP contribution in [-0.2, 0) is 0 Å². The van der Waals surface area contributed by atoms with E-state index in [1.54, 1.807) is 24.3 Å². The molecule has 0 unspecified atom stereocenters. The number of nitro benzene ring substituents is 1. The van der Waals surface area contributed by atoms with Crippen LogP contribution in [0, 0.1) is 17.0 Å². The predicted molar refractivity (Wildman–Crippen MR) is 94.8 cm³/mol. The minimum absolute atomic E-state index is 0.0460. The van der Waals surface area contributed by atoms with Crippen LogP contribution in [0.25, 0.3) is 0 Å². The van der Waals surface area contributed by atoms with E-state index in [1.165, 1.54) is 25.1 Å². The number of carbonyl (C=O) groups excluding carboxylic acids is 2. The number of nitro groups is 1. The smallest absolute Gasteiger partial charge is 0.273 e. The van der Waals surface area contributed by atoms with Gasteiger partial charge in [-0.3, -0.25) is 19.7 Å². The lowest BCUT2D eigenvalue weighted by molar-refractivity contribution is -0.385. The van der Waals surface area contributed by atoms with E-state index in [4.69, 9.17) is 0 Å². The molecule has 0 fully saturated rings. The van der Waals surface area contributed by atoms with E-state index in [-0.39, 0.29) is 28.8 Å². The van der Waals surface area contributed by atoms with Gasteiger partial charge >= 0.3 is 0 Å². The maximum atomic E-state index is 12.5. The summed E-state index contributed by atoms with van der Waals surface area (Å²) in [5.41, 5.74) is 1.00. The average Bonchev–Trinajstić information content (AvgIpc) is 2.54. The van der Waals surface area contributed by atoms with E-state index >= 15 is 0 Å². The molecule has 0 saturated carbocycles. The van der Waals surface area contributed by atoms with E-state index < -0.39 is 10.8 Å². The highest BCUT2D eigenvalue weighted by Crippen LogP contribution is 2.23. The first-order valence-corrected chi connectivity index (χ1v) is 7.76. The summed E-state index contributed by atoms with van der Waals surface area (Å²) in [6, 6.07) is 10.9. The zero-order valence-electron chi connectivity index (χ0n) is 14.2. The van der Waals surface area contributed by atoms with E-state index in [0.29, 0.717) is 11.3 Å². The van der Waals surface area contributed by atoms with Gasteiger partial charge in [0.1, 0.15) is 0 Å². The highest BCUT2D eigenvalue weighted by molar-refractivity contribution is 6.10. The Morgan fingerprint density at radius 2 is 1.64 bits per heavy atom. The molecule has 0 spiro atoms. The van der Waals surface area contributed by atoms with Crippen molar-refractivity contribution < 1.29 is 14.5 Å². The predicted octanol–water partition coefficient (Wildman–Crippen LogP) is 3.29. The first-order valence-electron chi connectivity index (χ1n) is 7.76. The van der Waals surface area contributed by atoms with Gasteiger partial charge in [0.25, 0.3) is 17.5 Å². The van der Waals surface area contributed by atoms with Crippen molar-refractivity contribution in [2.24, 2.45) is 0 Å². The van der Waals surface area contributed by atoms with Gasteiger partial charge in [-0.25, -0.2) is 0 Å². The summed E-state index contributed by atoms with van der Waals surface area (Å²) in [6.07, 6.45) is 0. The van der Waals surface area contributed by atoms with Crippen LogP contribution in [0.2, 0.25) is 0 Å². The maximum absolute atomic E-state index is 12.5. The highest BCUT2D eigenvalue weighted by atomic mass is 16.6. The summed E-state index contributed by atoms with van der Waals surface area (Å²) in [7, 11) is 0. The zero-order chi connectivity index (χ0) is 18.6. The standard InChI is InChI=1S/C18H19N3O4/c1-11(2)19-18(23)14-7-4-5-9-15(14)20-17(22)13-8-6-10-16(12(13)3)21(24)25/h4-11H,1-3H3,(H,19,23)(H,20,22). The third-order valence-electron chi connectivity index (χ3n) is 3.59. The van der Waals surface area contributed by atoms with Gasteiger partial charge in [0.15, 0.2) is 0 Å². The van der Waals surface area contributed by atoms with Crippen LogP contribution >= 0.6 is 0 Å². The van der Waals surface area contributed by atoms with Gasteiger partial charge in [-0.2, -0.15) is 0 Å². The van der Waals surface area contributed by atoms with Crippen molar-refractivity contribution in [1.82, 2.24) is 5.32 Å². The molecule has 0 aliphatic carbocycles. The van der Waals surface area contributed by atoms with Gasteiger partial charge in [-0.05, 0) is 39.0 Å². The van der Waals surface area contributed by atoms with Crippen molar-refractivity contribution in [1.29, 1.82) is 0 Å². The zero-order valence-corrected chi connectivity index (χ0v) is 14.2. The number of hydrogen-bond donors (Lipinski definition) is 2. The second-order valence-electron chi connectivity index (χ2n) is 5.83. The molecule has 0 bridgehead atoms. The van der Waals surface area contributed by atoms with Gasteiger partial charge in [-0.15, -0.1) is 0 Å². The first kappa shape index (κ1) is 18.1. The Balaban J connectivity index is 2.32. The number of benzene rings is 2. The molecule has 0 aliphatic rings. The van der Waals surface area contributed by atoms with Crippen LogP contribution in [-0.4, -0.2) is 22.8 Å². The summed E-state index contributed by atoms with van der Waals surface area (Å²) in [5, 5.41) is 16.5. The normalized spacial score (nSPS) is 10.4. The van der Waals surface area contributed by atoms with Crippen LogP contribution in [0.3, 0.4) is 0 Å². The number of hydrogen-bond acceptors (Lipinski definition) is 4. The molecule has 130 valence electrons. The summed E-state index contributed by atoms with van der Waals surface area (Å²) < 4.78 is 0. The van der Waals surface area contributed by atoms with Gasteiger partial charge in [0.2, 0.25) is 0 Å². The van der Waals surface area contributed by atoms with Crippen LogP contribution in [0.15, 0.2) is 42.5 Å². The first-order chi connectivity index (χ1) is 11.8. The van der Waals surface area contributed by atoms with E-state index in [0.717, 1.165) is 0 Å². The molecular formula is C18H19N3O4. The minimum atomic E-state index is -0.532. The largest absolute Gasteiger partial charge is 0.350 e.